The predicted molar refractivity (Wildman–Crippen MR) is 101 cm³/mol. The number of piperazine rings is 1. The number of benzene rings is 1. The van der Waals surface area contributed by atoms with Crippen LogP contribution in [0.2, 0.25) is 15.1 Å². The van der Waals surface area contributed by atoms with Crippen molar-refractivity contribution in [3.8, 4) is 0 Å². The molecule has 0 saturated carbocycles. The van der Waals surface area contributed by atoms with Crippen LogP contribution < -0.4 is 0 Å². The molecule has 0 atom stereocenters. The van der Waals surface area contributed by atoms with E-state index in [2.05, 4.69) is 10.00 Å². The van der Waals surface area contributed by atoms with Crippen LogP contribution in [-0.4, -0.2) is 51.7 Å². The minimum Gasteiger partial charge on any atom is -0.335 e. The molecule has 1 fully saturated rings. The van der Waals surface area contributed by atoms with E-state index in [-0.39, 0.29) is 5.91 Å². The normalized spacial score (nSPS) is 15.6. The molecular weight excluding hydrogens is 383 g/mol. The molecule has 1 aliphatic rings. The van der Waals surface area contributed by atoms with Crippen LogP contribution in [0.3, 0.4) is 0 Å². The van der Waals surface area contributed by atoms with Gasteiger partial charge in [0.1, 0.15) is 5.69 Å². The lowest BCUT2D eigenvalue weighted by atomic mass is 10.2. The van der Waals surface area contributed by atoms with E-state index in [4.69, 9.17) is 34.8 Å². The van der Waals surface area contributed by atoms with Gasteiger partial charge in [-0.2, -0.15) is 5.10 Å². The fraction of sp³-hybridized carbons (Fsp3) is 0.412. The first-order valence-corrected chi connectivity index (χ1v) is 9.30. The minimum atomic E-state index is -0.0616. The van der Waals surface area contributed by atoms with Gasteiger partial charge in [0.05, 0.1) is 11.2 Å². The first-order valence-electron chi connectivity index (χ1n) is 8.16. The molecule has 1 aromatic carbocycles. The van der Waals surface area contributed by atoms with Gasteiger partial charge >= 0.3 is 0 Å². The van der Waals surface area contributed by atoms with Crippen LogP contribution in [0, 0.1) is 0 Å². The Morgan fingerprint density at radius 2 is 1.84 bits per heavy atom. The average Bonchev–Trinajstić information content (AvgIpc) is 2.98. The van der Waals surface area contributed by atoms with E-state index in [0.717, 1.165) is 25.2 Å². The molecule has 0 N–H and O–H groups in total. The number of aromatic nitrogens is 2. The van der Waals surface area contributed by atoms with Crippen molar-refractivity contribution in [1.29, 1.82) is 0 Å². The highest BCUT2D eigenvalue weighted by atomic mass is 35.5. The van der Waals surface area contributed by atoms with Crippen LogP contribution in [0.1, 0.15) is 23.0 Å². The van der Waals surface area contributed by atoms with Crippen LogP contribution in [-0.2, 0) is 13.1 Å². The third kappa shape index (κ3) is 4.11. The van der Waals surface area contributed by atoms with E-state index in [9.17, 15) is 4.79 Å². The van der Waals surface area contributed by atoms with E-state index < -0.39 is 0 Å². The summed E-state index contributed by atoms with van der Waals surface area (Å²) in [7, 11) is 0. The zero-order valence-electron chi connectivity index (χ0n) is 13.9. The molecule has 0 bridgehead atoms. The lowest BCUT2D eigenvalue weighted by Crippen LogP contribution is -2.48. The molecule has 1 saturated heterocycles. The Labute approximate surface area is 162 Å². The van der Waals surface area contributed by atoms with E-state index >= 15 is 0 Å². The van der Waals surface area contributed by atoms with Gasteiger partial charge in [0.15, 0.2) is 0 Å². The van der Waals surface area contributed by atoms with Gasteiger partial charge in [0.2, 0.25) is 0 Å². The molecule has 5 nitrogen and oxygen atoms in total. The summed E-state index contributed by atoms with van der Waals surface area (Å²) in [6.07, 6.45) is 1.52. The second-order valence-electron chi connectivity index (χ2n) is 5.96. The second kappa shape index (κ2) is 7.96. The summed E-state index contributed by atoms with van der Waals surface area (Å²) >= 11 is 18.3. The number of rotatable bonds is 4. The van der Waals surface area contributed by atoms with Gasteiger partial charge in [-0.25, -0.2) is 0 Å². The van der Waals surface area contributed by atoms with Crippen molar-refractivity contribution in [2.45, 2.75) is 20.0 Å². The maximum atomic E-state index is 12.7. The molecular formula is C17H19Cl3N4O. The van der Waals surface area contributed by atoms with Gasteiger partial charge in [-0.05, 0) is 24.6 Å². The third-order valence-corrected chi connectivity index (χ3v) is 5.23. The van der Waals surface area contributed by atoms with E-state index in [1.165, 1.54) is 6.20 Å². The lowest BCUT2D eigenvalue weighted by Gasteiger charge is -2.35. The largest absolute Gasteiger partial charge is 0.335 e. The van der Waals surface area contributed by atoms with Gasteiger partial charge in [0.25, 0.3) is 5.91 Å². The number of halogens is 3. The number of carbonyl (C=O) groups excluding carboxylic acids is 1. The minimum absolute atomic E-state index is 0.0616. The summed E-state index contributed by atoms with van der Waals surface area (Å²) in [6.45, 7) is 6.15. The summed E-state index contributed by atoms with van der Waals surface area (Å²) in [6, 6.07) is 5.55. The molecule has 3 rings (SSSR count). The highest BCUT2D eigenvalue weighted by Crippen LogP contribution is 2.23. The summed E-state index contributed by atoms with van der Waals surface area (Å²) in [4.78, 5) is 16.8. The Kier molecular flexibility index (Phi) is 5.89. The van der Waals surface area contributed by atoms with Crippen molar-refractivity contribution in [1.82, 2.24) is 19.6 Å². The Bertz CT molecular complexity index is 769. The van der Waals surface area contributed by atoms with Crippen molar-refractivity contribution in [3.05, 3.63) is 50.7 Å². The van der Waals surface area contributed by atoms with Crippen LogP contribution in [0.4, 0.5) is 0 Å². The van der Waals surface area contributed by atoms with Gasteiger partial charge in [-0.1, -0.05) is 40.9 Å². The monoisotopic (exact) mass is 400 g/mol. The van der Waals surface area contributed by atoms with E-state index in [1.54, 1.807) is 10.7 Å². The summed E-state index contributed by atoms with van der Waals surface area (Å²) < 4.78 is 1.64. The summed E-state index contributed by atoms with van der Waals surface area (Å²) in [5.74, 6) is -0.0616. The third-order valence-electron chi connectivity index (χ3n) is 4.37. The number of aryl methyl sites for hydroxylation is 1. The van der Waals surface area contributed by atoms with Gasteiger partial charge in [0, 0.05) is 49.3 Å². The van der Waals surface area contributed by atoms with Gasteiger partial charge < -0.3 is 4.90 Å². The van der Waals surface area contributed by atoms with Crippen LogP contribution in [0.15, 0.2) is 24.4 Å². The lowest BCUT2D eigenvalue weighted by molar-refractivity contribution is 0.0616. The number of hydrogen-bond acceptors (Lipinski definition) is 3. The number of nitrogens with zero attached hydrogens (tertiary/aromatic N) is 4. The number of carbonyl (C=O) groups is 1. The fourth-order valence-electron chi connectivity index (χ4n) is 2.96. The molecule has 0 unspecified atom stereocenters. The molecule has 2 aromatic rings. The van der Waals surface area contributed by atoms with Crippen LogP contribution in [0.25, 0.3) is 0 Å². The zero-order chi connectivity index (χ0) is 18.0. The highest BCUT2D eigenvalue weighted by molar-refractivity contribution is 6.35. The van der Waals surface area contributed by atoms with E-state index in [0.29, 0.717) is 40.4 Å². The molecule has 134 valence electrons. The molecule has 8 heteroatoms. The van der Waals surface area contributed by atoms with Crippen molar-refractivity contribution < 1.29 is 4.79 Å². The maximum Gasteiger partial charge on any atom is 0.273 e. The molecule has 0 spiro atoms. The van der Waals surface area contributed by atoms with Gasteiger partial charge in [-0.3, -0.25) is 14.4 Å². The SMILES string of the molecule is CCn1ncc(Cl)c1C(=O)N1CCN(Cc2ccc(Cl)cc2Cl)CC1. The molecule has 0 aliphatic carbocycles. The van der Waals surface area contributed by atoms with Crippen LogP contribution in [0.5, 0.6) is 0 Å². The maximum absolute atomic E-state index is 12.7. The highest BCUT2D eigenvalue weighted by Gasteiger charge is 2.26. The summed E-state index contributed by atoms with van der Waals surface area (Å²) in [5.41, 5.74) is 1.51. The standard InChI is InChI=1S/C17H19Cl3N4O/c1-2-24-16(15(20)10-21-24)17(25)23-7-5-22(6-8-23)11-12-3-4-13(18)9-14(12)19/h3-4,9-10H,2,5-8,11H2,1H3. The molecule has 25 heavy (non-hydrogen) atoms. The average molecular weight is 402 g/mol. The number of amides is 1. The molecule has 0 radical (unpaired) electrons. The Hall–Kier alpha value is -1.27. The summed E-state index contributed by atoms with van der Waals surface area (Å²) in [5, 5.41) is 5.85. The first kappa shape index (κ1) is 18.5. The molecule has 1 amide bonds. The molecule has 1 aliphatic heterocycles. The Morgan fingerprint density at radius 1 is 1.12 bits per heavy atom. The Balaban J connectivity index is 1.61. The smallest absolute Gasteiger partial charge is 0.273 e. The fourth-order valence-corrected chi connectivity index (χ4v) is 3.65. The quantitative estimate of drug-likeness (QED) is 0.782. The van der Waals surface area contributed by atoms with E-state index in [1.807, 2.05) is 24.0 Å². The topological polar surface area (TPSA) is 41.4 Å². The Morgan fingerprint density at radius 3 is 2.48 bits per heavy atom. The molecule has 2 heterocycles. The van der Waals surface area contributed by atoms with Crippen LogP contribution >= 0.6 is 34.8 Å². The molecule has 1 aromatic heterocycles. The van der Waals surface area contributed by atoms with Crippen molar-refractivity contribution in [2.75, 3.05) is 26.2 Å². The van der Waals surface area contributed by atoms with Crippen molar-refractivity contribution in [2.24, 2.45) is 0 Å². The first-order chi connectivity index (χ1) is 12.0. The predicted octanol–water partition coefficient (Wildman–Crippen LogP) is 3.82. The zero-order valence-corrected chi connectivity index (χ0v) is 16.2. The van der Waals surface area contributed by atoms with Crippen molar-refractivity contribution in [3.63, 3.8) is 0 Å². The van der Waals surface area contributed by atoms with Gasteiger partial charge in [-0.15, -0.1) is 0 Å². The number of hydrogen-bond donors (Lipinski definition) is 0. The van der Waals surface area contributed by atoms with Crippen molar-refractivity contribution >= 4 is 40.7 Å². The second-order valence-corrected chi connectivity index (χ2v) is 7.21.